The Balaban J connectivity index is 1.57. The number of nitrogens with zero attached hydrogens (tertiary/aromatic N) is 2. The number of hydrogen-bond acceptors (Lipinski definition) is 4. The van der Waals surface area contributed by atoms with Gasteiger partial charge in [0.2, 0.25) is 0 Å². The third-order valence-electron chi connectivity index (χ3n) is 3.39. The molecule has 1 aromatic heterocycles. The highest BCUT2D eigenvalue weighted by Crippen LogP contribution is 2.18. The van der Waals surface area contributed by atoms with Gasteiger partial charge in [-0.1, -0.05) is 6.07 Å². The number of hydrogen-bond donors (Lipinski definition) is 2. The van der Waals surface area contributed by atoms with Gasteiger partial charge in [0.25, 0.3) is 5.91 Å². The molecule has 0 spiro atoms. The number of aromatic nitrogens is 2. The molecular weight excluding hydrogens is 252 g/mol. The monoisotopic (exact) mass is 270 g/mol. The van der Waals surface area contributed by atoms with E-state index in [1.54, 1.807) is 18.5 Å². The molecule has 0 bridgehead atoms. The molecule has 1 aliphatic carbocycles. The van der Waals surface area contributed by atoms with Crippen molar-refractivity contribution >= 4 is 16.9 Å². The van der Waals surface area contributed by atoms with Gasteiger partial charge in [-0.3, -0.25) is 14.8 Å². The third-order valence-corrected chi connectivity index (χ3v) is 3.39. The van der Waals surface area contributed by atoms with E-state index in [9.17, 15) is 4.79 Å². The van der Waals surface area contributed by atoms with Gasteiger partial charge in [-0.05, 0) is 37.9 Å². The fourth-order valence-electron chi connectivity index (χ4n) is 2.16. The largest absolute Gasteiger partial charge is 0.352 e. The van der Waals surface area contributed by atoms with Gasteiger partial charge in [-0.15, -0.1) is 0 Å². The number of carbonyl (C=O) groups excluding carboxylic acids is 1. The van der Waals surface area contributed by atoms with Crippen molar-refractivity contribution in [2.75, 3.05) is 13.1 Å². The second-order valence-electron chi connectivity index (χ2n) is 5.07. The van der Waals surface area contributed by atoms with E-state index in [1.165, 1.54) is 12.8 Å². The molecule has 5 nitrogen and oxygen atoms in total. The van der Waals surface area contributed by atoms with Crippen LogP contribution in [0.3, 0.4) is 0 Å². The first kappa shape index (κ1) is 13.0. The molecule has 20 heavy (non-hydrogen) atoms. The van der Waals surface area contributed by atoms with Crippen LogP contribution in [0.15, 0.2) is 30.6 Å². The number of benzene rings is 1. The summed E-state index contributed by atoms with van der Waals surface area (Å²) >= 11 is 0. The van der Waals surface area contributed by atoms with E-state index in [4.69, 9.17) is 0 Å². The summed E-state index contributed by atoms with van der Waals surface area (Å²) in [6.45, 7) is 1.63. The predicted octanol–water partition coefficient (Wildman–Crippen LogP) is 1.50. The highest BCUT2D eigenvalue weighted by molar-refractivity contribution is 6.04. The first-order valence-corrected chi connectivity index (χ1v) is 7.06. The summed E-state index contributed by atoms with van der Waals surface area (Å²) in [4.78, 5) is 20.6. The lowest BCUT2D eigenvalue weighted by molar-refractivity contribution is 0.0954. The maximum atomic E-state index is 12.2. The molecule has 0 atom stereocenters. The van der Waals surface area contributed by atoms with Gasteiger partial charge in [-0.2, -0.15) is 0 Å². The maximum Gasteiger partial charge on any atom is 0.253 e. The molecule has 0 saturated heterocycles. The second-order valence-corrected chi connectivity index (χ2v) is 5.07. The Kier molecular flexibility index (Phi) is 3.87. The summed E-state index contributed by atoms with van der Waals surface area (Å²) in [6.07, 6.45) is 6.77. The Bertz CT molecular complexity index is 604. The van der Waals surface area contributed by atoms with Crippen LogP contribution in [0.25, 0.3) is 11.0 Å². The van der Waals surface area contributed by atoms with E-state index in [-0.39, 0.29) is 5.91 Å². The van der Waals surface area contributed by atoms with Gasteiger partial charge >= 0.3 is 0 Å². The fraction of sp³-hybridized carbons (Fsp3) is 0.400. The highest BCUT2D eigenvalue weighted by atomic mass is 16.1. The molecule has 1 heterocycles. The topological polar surface area (TPSA) is 66.9 Å². The van der Waals surface area contributed by atoms with Gasteiger partial charge in [-0.25, -0.2) is 0 Å². The molecule has 5 heteroatoms. The van der Waals surface area contributed by atoms with Crippen molar-refractivity contribution in [1.82, 2.24) is 20.6 Å². The molecule has 1 aliphatic rings. The third kappa shape index (κ3) is 3.11. The number of carbonyl (C=O) groups is 1. The maximum absolute atomic E-state index is 12.2. The SMILES string of the molecule is O=C(NCCCNC1CC1)c1cccc2nccnc12. The molecule has 104 valence electrons. The zero-order valence-electron chi connectivity index (χ0n) is 11.3. The fourth-order valence-corrected chi connectivity index (χ4v) is 2.16. The van der Waals surface area contributed by atoms with Crippen LogP contribution in [-0.2, 0) is 0 Å². The van der Waals surface area contributed by atoms with E-state index < -0.39 is 0 Å². The highest BCUT2D eigenvalue weighted by Gasteiger charge is 2.19. The van der Waals surface area contributed by atoms with E-state index in [0.717, 1.165) is 24.5 Å². The van der Waals surface area contributed by atoms with E-state index in [1.807, 2.05) is 12.1 Å². The van der Waals surface area contributed by atoms with Crippen molar-refractivity contribution in [2.24, 2.45) is 0 Å². The Morgan fingerprint density at radius 3 is 2.90 bits per heavy atom. The number of nitrogens with one attached hydrogen (secondary N) is 2. The zero-order valence-corrected chi connectivity index (χ0v) is 11.3. The molecule has 0 unspecified atom stereocenters. The normalized spacial score (nSPS) is 14.4. The zero-order chi connectivity index (χ0) is 13.8. The summed E-state index contributed by atoms with van der Waals surface area (Å²) in [5, 5.41) is 6.36. The summed E-state index contributed by atoms with van der Waals surface area (Å²) in [6, 6.07) is 6.20. The smallest absolute Gasteiger partial charge is 0.253 e. The average Bonchev–Trinajstić information content (AvgIpc) is 3.30. The summed E-state index contributed by atoms with van der Waals surface area (Å²) < 4.78 is 0. The summed E-state index contributed by atoms with van der Waals surface area (Å²) in [5.74, 6) is -0.0810. The van der Waals surface area contributed by atoms with Gasteiger partial charge in [0.15, 0.2) is 0 Å². The van der Waals surface area contributed by atoms with Crippen molar-refractivity contribution in [3.8, 4) is 0 Å². The van der Waals surface area contributed by atoms with Crippen LogP contribution in [0, 0.1) is 0 Å². The van der Waals surface area contributed by atoms with Gasteiger partial charge in [0.05, 0.1) is 11.1 Å². The Morgan fingerprint density at radius 1 is 1.20 bits per heavy atom. The van der Waals surface area contributed by atoms with E-state index in [0.29, 0.717) is 17.6 Å². The van der Waals surface area contributed by atoms with Crippen LogP contribution in [0.1, 0.15) is 29.6 Å². The number of para-hydroxylation sites is 1. The molecule has 0 radical (unpaired) electrons. The van der Waals surface area contributed by atoms with Crippen molar-refractivity contribution in [2.45, 2.75) is 25.3 Å². The number of amides is 1. The molecule has 1 fully saturated rings. The lowest BCUT2D eigenvalue weighted by Crippen LogP contribution is -2.28. The molecule has 0 aliphatic heterocycles. The predicted molar refractivity (Wildman–Crippen MR) is 77.5 cm³/mol. The van der Waals surface area contributed by atoms with Crippen molar-refractivity contribution < 1.29 is 4.79 Å². The van der Waals surface area contributed by atoms with Crippen molar-refractivity contribution in [3.05, 3.63) is 36.2 Å². The van der Waals surface area contributed by atoms with Crippen LogP contribution < -0.4 is 10.6 Å². The molecule has 1 saturated carbocycles. The van der Waals surface area contributed by atoms with E-state index >= 15 is 0 Å². The summed E-state index contributed by atoms with van der Waals surface area (Å²) in [7, 11) is 0. The second kappa shape index (κ2) is 5.96. The van der Waals surface area contributed by atoms with Gasteiger partial charge in [0, 0.05) is 25.0 Å². The summed E-state index contributed by atoms with van der Waals surface area (Å²) in [5.41, 5.74) is 1.99. The minimum atomic E-state index is -0.0810. The first-order chi connectivity index (χ1) is 9.84. The molecule has 2 N–H and O–H groups in total. The Labute approximate surface area is 117 Å². The van der Waals surface area contributed by atoms with Crippen LogP contribution in [-0.4, -0.2) is 35.0 Å². The Morgan fingerprint density at radius 2 is 2.05 bits per heavy atom. The van der Waals surface area contributed by atoms with E-state index in [2.05, 4.69) is 20.6 Å². The lowest BCUT2D eigenvalue weighted by atomic mass is 10.1. The lowest BCUT2D eigenvalue weighted by Gasteiger charge is -2.07. The van der Waals surface area contributed by atoms with Gasteiger partial charge in [0.1, 0.15) is 5.52 Å². The Hall–Kier alpha value is -2.01. The van der Waals surface area contributed by atoms with Crippen LogP contribution in [0.5, 0.6) is 0 Å². The minimum Gasteiger partial charge on any atom is -0.352 e. The molecular formula is C15H18N4O. The molecule has 3 rings (SSSR count). The molecule has 1 aromatic carbocycles. The quantitative estimate of drug-likeness (QED) is 0.781. The van der Waals surface area contributed by atoms with Crippen LogP contribution in [0.4, 0.5) is 0 Å². The molecule has 1 amide bonds. The average molecular weight is 270 g/mol. The minimum absolute atomic E-state index is 0.0810. The van der Waals surface area contributed by atoms with Crippen molar-refractivity contribution in [3.63, 3.8) is 0 Å². The van der Waals surface area contributed by atoms with Gasteiger partial charge < -0.3 is 10.6 Å². The number of rotatable bonds is 6. The van der Waals surface area contributed by atoms with Crippen LogP contribution in [0.2, 0.25) is 0 Å². The van der Waals surface area contributed by atoms with Crippen molar-refractivity contribution in [1.29, 1.82) is 0 Å². The number of fused-ring (bicyclic) bond motifs is 1. The molecule has 2 aromatic rings. The standard InChI is InChI=1S/C15H18N4O/c20-15(19-8-2-7-16-11-5-6-11)12-3-1-4-13-14(12)18-10-9-17-13/h1,3-4,9-11,16H,2,5-8H2,(H,19,20). The van der Waals surface area contributed by atoms with Crippen LogP contribution >= 0.6 is 0 Å². The first-order valence-electron chi connectivity index (χ1n) is 7.06.